The van der Waals surface area contributed by atoms with E-state index in [0.717, 1.165) is 12.8 Å². The summed E-state index contributed by atoms with van der Waals surface area (Å²) in [6, 6.07) is 0. The van der Waals surface area contributed by atoms with Crippen LogP contribution in [0.2, 0.25) is 0 Å². The zero-order valence-corrected chi connectivity index (χ0v) is 11.0. The smallest absolute Gasteiger partial charge is 0.316 e. The summed E-state index contributed by atoms with van der Waals surface area (Å²) in [7, 11) is 0. The molecule has 1 atom stereocenters. The number of hydrogen-bond donors (Lipinski definition) is 1. The Morgan fingerprint density at radius 3 is 2.29 bits per heavy atom. The van der Waals surface area contributed by atoms with Gasteiger partial charge in [-0.15, -0.1) is 0 Å². The predicted octanol–water partition coefficient (Wildman–Crippen LogP) is 2.05. The fourth-order valence-electron chi connectivity index (χ4n) is 1.49. The molecule has 4 heteroatoms. The first-order chi connectivity index (χ1) is 8.13. The topological polar surface area (TPSA) is 69.4 Å². The Labute approximate surface area is 104 Å². The Kier molecular flexibility index (Phi) is 9.72. The van der Waals surface area contributed by atoms with Crippen molar-refractivity contribution in [1.29, 1.82) is 0 Å². The van der Waals surface area contributed by atoms with Gasteiger partial charge in [0.15, 0.2) is 5.78 Å². The lowest BCUT2D eigenvalue weighted by Crippen LogP contribution is -2.29. The molecule has 1 unspecified atom stereocenters. The number of carbonyl (C=O) groups is 2. The van der Waals surface area contributed by atoms with Crippen LogP contribution in [0.1, 0.15) is 52.4 Å². The molecule has 0 aliphatic heterocycles. The molecule has 0 rings (SSSR count). The van der Waals surface area contributed by atoms with Crippen LogP contribution in [0.3, 0.4) is 0 Å². The van der Waals surface area contributed by atoms with E-state index >= 15 is 0 Å². The zero-order chi connectivity index (χ0) is 13.1. The van der Waals surface area contributed by atoms with Gasteiger partial charge in [-0.3, -0.25) is 9.59 Å². The first kappa shape index (κ1) is 16.1. The number of Topliss-reactive ketones (excluding diaryl/α,β-unsaturated/α-hetero) is 1. The van der Waals surface area contributed by atoms with Crippen molar-refractivity contribution < 1.29 is 14.3 Å². The standard InChI is InChI=1S/C13H25NO3/c1-3-4-5-6-7-8-9-17-13(16)11(2)12(15)10-14/h11H,3-10,14H2,1-2H3. The number of carbonyl (C=O) groups excluding carboxylic acids is 2. The van der Waals surface area contributed by atoms with E-state index in [4.69, 9.17) is 10.5 Å². The van der Waals surface area contributed by atoms with Crippen molar-refractivity contribution in [2.45, 2.75) is 52.4 Å². The highest BCUT2D eigenvalue weighted by Crippen LogP contribution is 2.06. The van der Waals surface area contributed by atoms with Crippen LogP contribution in [0.5, 0.6) is 0 Å². The molecule has 0 bridgehead atoms. The summed E-state index contributed by atoms with van der Waals surface area (Å²) in [6.07, 6.45) is 6.87. The number of ether oxygens (including phenoxy) is 1. The van der Waals surface area contributed by atoms with Crippen LogP contribution < -0.4 is 5.73 Å². The maximum absolute atomic E-state index is 11.4. The molecule has 0 aromatic heterocycles. The van der Waals surface area contributed by atoms with Gasteiger partial charge >= 0.3 is 5.97 Å². The second kappa shape index (κ2) is 10.3. The van der Waals surface area contributed by atoms with Crippen LogP contribution in [-0.2, 0) is 14.3 Å². The van der Waals surface area contributed by atoms with Gasteiger partial charge in [-0.25, -0.2) is 0 Å². The highest BCUT2D eigenvalue weighted by atomic mass is 16.5. The normalized spacial score (nSPS) is 12.2. The maximum Gasteiger partial charge on any atom is 0.316 e. The molecule has 0 fully saturated rings. The largest absolute Gasteiger partial charge is 0.465 e. The predicted molar refractivity (Wildman–Crippen MR) is 67.6 cm³/mol. The molecule has 2 N–H and O–H groups in total. The number of ketones is 1. The fraction of sp³-hybridized carbons (Fsp3) is 0.846. The van der Waals surface area contributed by atoms with Gasteiger partial charge in [-0.05, 0) is 13.3 Å². The van der Waals surface area contributed by atoms with Crippen molar-refractivity contribution in [3.63, 3.8) is 0 Å². The van der Waals surface area contributed by atoms with Crippen LogP contribution in [0.25, 0.3) is 0 Å². The van der Waals surface area contributed by atoms with Gasteiger partial charge in [0.05, 0.1) is 13.2 Å². The van der Waals surface area contributed by atoms with E-state index in [1.807, 2.05) is 0 Å². The molecular formula is C13H25NO3. The van der Waals surface area contributed by atoms with Gasteiger partial charge in [-0.2, -0.15) is 0 Å². The van der Waals surface area contributed by atoms with Gasteiger partial charge in [0.25, 0.3) is 0 Å². The third-order valence-corrected chi connectivity index (χ3v) is 2.78. The molecule has 0 aromatic carbocycles. The molecule has 0 saturated heterocycles. The van der Waals surface area contributed by atoms with Crippen molar-refractivity contribution in [3.05, 3.63) is 0 Å². The molecular weight excluding hydrogens is 218 g/mol. The number of unbranched alkanes of at least 4 members (excludes halogenated alkanes) is 5. The van der Waals surface area contributed by atoms with Crippen LogP contribution >= 0.6 is 0 Å². The van der Waals surface area contributed by atoms with E-state index in [9.17, 15) is 9.59 Å². The summed E-state index contributed by atoms with van der Waals surface area (Å²) in [4.78, 5) is 22.5. The van der Waals surface area contributed by atoms with Crippen LogP contribution in [0.15, 0.2) is 0 Å². The molecule has 0 aliphatic rings. The molecule has 100 valence electrons. The molecule has 17 heavy (non-hydrogen) atoms. The van der Waals surface area contributed by atoms with Crippen molar-refractivity contribution in [1.82, 2.24) is 0 Å². The maximum atomic E-state index is 11.4. The molecule has 0 aliphatic carbocycles. The SMILES string of the molecule is CCCCCCCCOC(=O)C(C)C(=O)CN. The highest BCUT2D eigenvalue weighted by Gasteiger charge is 2.20. The quantitative estimate of drug-likeness (QED) is 0.362. The molecule has 0 saturated carbocycles. The molecule has 0 amide bonds. The minimum atomic E-state index is -0.722. The van der Waals surface area contributed by atoms with E-state index < -0.39 is 11.9 Å². The molecule has 0 heterocycles. The molecule has 4 nitrogen and oxygen atoms in total. The fourth-order valence-corrected chi connectivity index (χ4v) is 1.49. The molecule has 0 spiro atoms. The third-order valence-electron chi connectivity index (χ3n) is 2.78. The van der Waals surface area contributed by atoms with Crippen molar-refractivity contribution >= 4 is 11.8 Å². The Morgan fingerprint density at radius 2 is 1.71 bits per heavy atom. The summed E-state index contributed by atoms with van der Waals surface area (Å²) < 4.78 is 5.02. The summed E-state index contributed by atoms with van der Waals surface area (Å²) in [5.74, 6) is -1.44. The van der Waals surface area contributed by atoms with Crippen molar-refractivity contribution in [2.24, 2.45) is 11.7 Å². The van der Waals surface area contributed by atoms with E-state index in [1.54, 1.807) is 6.92 Å². The minimum absolute atomic E-state index is 0.104. The van der Waals surface area contributed by atoms with Gasteiger partial charge < -0.3 is 10.5 Å². The lowest BCUT2D eigenvalue weighted by atomic mass is 10.1. The van der Waals surface area contributed by atoms with Crippen LogP contribution in [0, 0.1) is 5.92 Å². The zero-order valence-electron chi connectivity index (χ0n) is 11.0. The lowest BCUT2D eigenvalue weighted by Gasteiger charge is -2.09. The number of nitrogens with two attached hydrogens (primary N) is 1. The van der Waals surface area contributed by atoms with Gasteiger partial charge in [0.2, 0.25) is 0 Å². The van der Waals surface area contributed by atoms with Gasteiger partial charge in [0.1, 0.15) is 5.92 Å². The summed E-state index contributed by atoms with van der Waals surface area (Å²) in [5.41, 5.74) is 5.18. The second-order valence-electron chi connectivity index (χ2n) is 4.33. The van der Waals surface area contributed by atoms with Crippen molar-refractivity contribution in [2.75, 3.05) is 13.2 Å². The highest BCUT2D eigenvalue weighted by molar-refractivity contribution is 5.99. The number of esters is 1. The second-order valence-corrected chi connectivity index (χ2v) is 4.33. The Hall–Kier alpha value is -0.900. The third kappa shape index (κ3) is 7.91. The molecule has 0 radical (unpaired) electrons. The Balaban J connectivity index is 3.48. The minimum Gasteiger partial charge on any atom is -0.465 e. The summed E-state index contributed by atoms with van der Waals surface area (Å²) in [6.45, 7) is 4.02. The first-order valence-corrected chi connectivity index (χ1v) is 6.52. The van der Waals surface area contributed by atoms with E-state index in [1.165, 1.54) is 25.7 Å². The monoisotopic (exact) mass is 243 g/mol. The molecule has 0 aromatic rings. The average molecular weight is 243 g/mol. The Bertz CT molecular complexity index is 229. The van der Waals surface area contributed by atoms with Crippen molar-refractivity contribution in [3.8, 4) is 0 Å². The summed E-state index contributed by atoms with van der Waals surface area (Å²) in [5, 5.41) is 0. The average Bonchev–Trinajstić information content (AvgIpc) is 2.35. The number of hydrogen-bond acceptors (Lipinski definition) is 4. The van der Waals surface area contributed by atoms with Crippen LogP contribution in [0.4, 0.5) is 0 Å². The first-order valence-electron chi connectivity index (χ1n) is 6.52. The Morgan fingerprint density at radius 1 is 1.12 bits per heavy atom. The van der Waals surface area contributed by atoms with E-state index in [-0.39, 0.29) is 12.3 Å². The van der Waals surface area contributed by atoms with E-state index in [0.29, 0.717) is 6.61 Å². The van der Waals surface area contributed by atoms with Gasteiger partial charge in [-0.1, -0.05) is 39.0 Å². The lowest BCUT2D eigenvalue weighted by molar-refractivity contribution is -0.151. The van der Waals surface area contributed by atoms with Gasteiger partial charge in [0, 0.05) is 0 Å². The van der Waals surface area contributed by atoms with E-state index in [2.05, 4.69) is 6.92 Å². The number of rotatable bonds is 10. The summed E-state index contributed by atoms with van der Waals surface area (Å²) >= 11 is 0. The van der Waals surface area contributed by atoms with Crippen LogP contribution in [-0.4, -0.2) is 24.9 Å².